The predicted octanol–water partition coefficient (Wildman–Crippen LogP) is 4.93. The Labute approximate surface area is 132 Å². The summed E-state index contributed by atoms with van der Waals surface area (Å²) in [6, 6.07) is 11.7. The number of nitrogens with two attached hydrogens (primary N) is 1. The van der Waals surface area contributed by atoms with E-state index >= 15 is 0 Å². The highest BCUT2D eigenvalue weighted by atomic mass is 35.5. The second kappa shape index (κ2) is 4.65. The van der Waals surface area contributed by atoms with Gasteiger partial charge in [-0.2, -0.15) is 0 Å². The average molecular weight is 318 g/mol. The molecule has 0 bridgehead atoms. The molecule has 4 rings (SSSR count). The van der Waals surface area contributed by atoms with Crippen LogP contribution in [0.15, 0.2) is 36.4 Å². The summed E-state index contributed by atoms with van der Waals surface area (Å²) in [7, 11) is 0. The summed E-state index contributed by atoms with van der Waals surface area (Å²) >= 11 is 12.8. The fraction of sp³-hybridized carbons (Fsp3) is 0.188. The first-order valence-corrected chi connectivity index (χ1v) is 7.63. The zero-order chi connectivity index (χ0) is 14.6. The molecule has 2 N–H and O–H groups in total. The van der Waals surface area contributed by atoms with E-state index < -0.39 is 0 Å². The molecule has 3 nitrogen and oxygen atoms in total. The molecular weight excluding hydrogens is 305 g/mol. The largest absolute Gasteiger partial charge is 0.398 e. The second-order valence-corrected chi connectivity index (χ2v) is 6.16. The topological polar surface area (TPSA) is 43.8 Å². The quantitative estimate of drug-likeness (QED) is 0.681. The Morgan fingerprint density at radius 1 is 1.05 bits per heavy atom. The summed E-state index contributed by atoms with van der Waals surface area (Å²) in [5.74, 6) is 0.809. The lowest BCUT2D eigenvalue weighted by Crippen LogP contribution is -2.01. The number of fused-ring (bicyclic) bond motifs is 1. The van der Waals surface area contributed by atoms with E-state index in [-0.39, 0.29) is 0 Å². The summed E-state index contributed by atoms with van der Waals surface area (Å²) in [5, 5.41) is 1.33. The van der Waals surface area contributed by atoms with Crippen LogP contribution in [0.3, 0.4) is 0 Å². The Morgan fingerprint density at radius 2 is 1.76 bits per heavy atom. The summed E-state index contributed by atoms with van der Waals surface area (Å²) in [5.41, 5.74) is 9.40. The molecule has 106 valence electrons. The van der Waals surface area contributed by atoms with Crippen molar-refractivity contribution in [2.45, 2.75) is 18.9 Å². The van der Waals surface area contributed by atoms with Gasteiger partial charge in [0.2, 0.25) is 0 Å². The van der Waals surface area contributed by atoms with Crippen LogP contribution in [-0.4, -0.2) is 9.55 Å². The fourth-order valence-corrected chi connectivity index (χ4v) is 3.27. The maximum absolute atomic E-state index is 6.39. The summed E-state index contributed by atoms with van der Waals surface area (Å²) in [4.78, 5) is 4.74. The molecule has 0 radical (unpaired) electrons. The van der Waals surface area contributed by atoms with Crippen LogP contribution in [-0.2, 0) is 0 Å². The normalized spacial score (nSPS) is 14.8. The lowest BCUT2D eigenvalue weighted by Gasteiger charge is -2.11. The lowest BCUT2D eigenvalue weighted by molar-refractivity contribution is 0.775. The predicted molar refractivity (Wildman–Crippen MR) is 87.9 cm³/mol. The maximum Gasteiger partial charge on any atom is 0.145 e. The van der Waals surface area contributed by atoms with Crippen molar-refractivity contribution < 1.29 is 0 Å². The molecule has 1 fully saturated rings. The van der Waals surface area contributed by atoms with Gasteiger partial charge in [-0.05, 0) is 37.1 Å². The van der Waals surface area contributed by atoms with Gasteiger partial charge in [0.15, 0.2) is 0 Å². The van der Waals surface area contributed by atoms with E-state index in [9.17, 15) is 0 Å². The minimum Gasteiger partial charge on any atom is -0.398 e. The molecule has 0 saturated heterocycles. The van der Waals surface area contributed by atoms with Crippen molar-refractivity contribution in [3.63, 3.8) is 0 Å². The van der Waals surface area contributed by atoms with E-state index in [1.54, 1.807) is 0 Å². The molecule has 0 unspecified atom stereocenters. The van der Waals surface area contributed by atoms with Gasteiger partial charge in [-0.25, -0.2) is 4.98 Å². The number of nitrogens with zero attached hydrogens (tertiary/aromatic N) is 2. The van der Waals surface area contributed by atoms with Crippen molar-refractivity contribution in [2.75, 3.05) is 5.73 Å². The van der Waals surface area contributed by atoms with Gasteiger partial charge in [0.1, 0.15) is 5.82 Å². The second-order valence-electron chi connectivity index (χ2n) is 5.35. The van der Waals surface area contributed by atoms with Crippen LogP contribution in [0, 0.1) is 0 Å². The Balaban J connectivity index is 2.10. The first-order valence-electron chi connectivity index (χ1n) is 6.87. The number of para-hydroxylation sites is 1. The zero-order valence-electron chi connectivity index (χ0n) is 11.2. The number of hydrogen-bond donors (Lipinski definition) is 1. The SMILES string of the molecule is Nc1cccc(Cl)c1-c1nc2cccc(Cl)c2n1C1CC1. The van der Waals surface area contributed by atoms with Crippen molar-refractivity contribution >= 4 is 39.9 Å². The van der Waals surface area contributed by atoms with E-state index in [2.05, 4.69) is 4.57 Å². The van der Waals surface area contributed by atoms with Gasteiger partial charge in [-0.3, -0.25) is 0 Å². The van der Waals surface area contributed by atoms with E-state index in [1.165, 1.54) is 0 Å². The van der Waals surface area contributed by atoms with Gasteiger partial charge in [0.25, 0.3) is 0 Å². The van der Waals surface area contributed by atoms with Gasteiger partial charge < -0.3 is 10.3 Å². The third kappa shape index (κ3) is 2.00. The molecule has 1 aliphatic carbocycles. The summed E-state index contributed by atoms with van der Waals surface area (Å²) < 4.78 is 2.19. The van der Waals surface area contributed by atoms with Crippen molar-refractivity contribution in [3.05, 3.63) is 46.4 Å². The van der Waals surface area contributed by atoms with E-state index in [1.807, 2.05) is 36.4 Å². The highest BCUT2D eigenvalue weighted by Gasteiger charge is 2.30. The van der Waals surface area contributed by atoms with Gasteiger partial charge in [-0.1, -0.05) is 35.3 Å². The van der Waals surface area contributed by atoms with Crippen LogP contribution in [0.4, 0.5) is 5.69 Å². The molecule has 3 aromatic rings. The van der Waals surface area contributed by atoms with Crippen LogP contribution in [0.1, 0.15) is 18.9 Å². The first kappa shape index (κ1) is 13.0. The standard InChI is InChI=1S/C16H13Cl2N3/c17-10-3-1-5-12(19)14(10)16-20-13-6-2-4-11(18)15(13)21(16)9-7-8-9/h1-6,9H,7-8,19H2. The van der Waals surface area contributed by atoms with Crippen LogP contribution in [0.5, 0.6) is 0 Å². The minimum atomic E-state index is 0.431. The molecule has 2 aromatic carbocycles. The van der Waals surface area contributed by atoms with Crippen molar-refractivity contribution in [3.8, 4) is 11.4 Å². The fourth-order valence-electron chi connectivity index (χ4n) is 2.75. The van der Waals surface area contributed by atoms with Gasteiger partial charge >= 0.3 is 0 Å². The number of rotatable bonds is 2. The number of hydrogen-bond acceptors (Lipinski definition) is 2. The number of halogens is 2. The van der Waals surface area contributed by atoms with Crippen LogP contribution in [0.2, 0.25) is 10.0 Å². The van der Waals surface area contributed by atoms with Gasteiger partial charge in [0, 0.05) is 11.7 Å². The maximum atomic E-state index is 6.39. The molecule has 0 aliphatic heterocycles. The van der Waals surface area contributed by atoms with Crippen molar-refractivity contribution in [1.29, 1.82) is 0 Å². The minimum absolute atomic E-state index is 0.431. The molecule has 0 atom stereocenters. The van der Waals surface area contributed by atoms with Crippen LogP contribution in [0.25, 0.3) is 22.4 Å². The molecule has 1 saturated carbocycles. The molecule has 0 spiro atoms. The van der Waals surface area contributed by atoms with Crippen molar-refractivity contribution in [1.82, 2.24) is 9.55 Å². The molecule has 21 heavy (non-hydrogen) atoms. The molecular formula is C16H13Cl2N3. The Hall–Kier alpha value is -1.71. The summed E-state index contributed by atoms with van der Waals surface area (Å²) in [6.45, 7) is 0. The number of anilines is 1. The third-order valence-electron chi connectivity index (χ3n) is 3.84. The molecule has 1 aliphatic rings. The third-order valence-corrected chi connectivity index (χ3v) is 4.46. The van der Waals surface area contributed by atoms with Crippen molar-refractivity contribution in [2.24, 2.45) is 0 Å². The number of aromatic nitrogens is 2. The number of imidazole rings is 1. The molecule has 1 aromatic heterocycles. The van der Waals surface area contributed by atoms with Gasteiger partial charge in [-0.15, -0.1) is 0 Å². The highest BCUT2D eigenvalue weighted by Crippen LogP contribution is 2.45. The Bertz CT molecular complexity index is 830. The van der Waals surface area contributed by atoms with Gasteiger partial charge in [0.05, 0.1) is 26.6 Å². The molecule has 1 heterocycles. The lowest BCUT2D eigenvalue weighted by atomic mass is 10.1. The van der Waals surface area contributed by atoms with E-state index in [0.29, 0.717) is 21.8 Å². The van der Waals surface area contributed by atoms with Crippen LogP contribution < -0.4 is 5.73 Å². The smallest absolute Gasteiger partial charge is 0.145 e. The molecule has 5 heteroatoms. The average Bonchev–Trinajstić information content (AvgIpc) is 3.20. The number of nitrogen functional groups attached to an aromatic ring is 1. The first-order chi connectivity index (χ1) is 10.2. The Kier molecular flexibility index (Phi) is 2.88. The summed E-state index contributed by atoms with van der Waals surface area (Å²) in [6.07, 6.45) is 2.27. The molecule has 0 amide bonds. The number of benzene rings is 2. The monoisotopic (exact) mass is 317 g/mol. The van der Waals surface area contributed by atoms with E-state index in [0.717, 1.165) is 35.3 Å². The Morgan fingerprint density at radius 3 is 2.48 bits per heavy atom. The zero-order valence-corrected chi connectivity index (χ0v) is 12.7. The van der Waals surface area contributed by atoms with E-state index in [4.69, 9.17) is 33.9 Å². The highest BCUT2D eigenvalue weighted by molar-refractivity contribution is 6.35. The van der Waals surface area contributed by atoms with Crippen LogP contribution >= 0.6 is 23.2 Å².